The molecular weight excluding hydrogens is 604 g/mol. The maximum Gasteiger partial charge on any atom is 0.242 e. The number of carbonyl (C=O) groups excluding carboxylic acids is 2. The highest BCUT2D eigenvalue weighted by molar-refractivity contribution is 6.30. The highest BCUT2D eigenvalue weighted by Gasteiger charge is 2.42. The van der Waals surface area contributed by atoms with Gasteiger partial charge < -0.3 is 15.1 Å². The smallest absolute Gasteiger partial charge is 0.242 e. The van der Waals surface area contributed by atoms with Crippen molar-refractivity contribution in [2.45, 2.75) is 38.8 Å². The number of benzene rings is 4. The normalized spacial score (nSPS) is 19.6. The number of amides is 1. The topological polar surface area (TPSA) is 55.9 Å². The average molecular weight is 645 g/mol. The van der Waals surface area contributed by atoms with Crippen LogP contribution in [0, 0.1) is 5.41 Å². The second-order valence-electron chi connectivity index (χ2n) is 13.7. The zero-order chi connectivity index (χ0) is 32.5. The fourth-order valence-electron chi connectivity index (χ4n) is 7.58. The van der Waals surface area contributed by atoms with Gasteiger partial charge in [0.2, 0.25) is 5.91 Å². The molecule has 7 rings (SSSR count). The van der Waals surface area contributed by atoms with Crippen LogP contribution in [0.5, 0.6) is 0 Å². The standard InChI is InChI=1S/C40H41ClN4O2/c1-40(2)25-33-37(35(46)26-40)39(30-17-19-31(41)20-18-30)45(34-16-10-9-15-32(34)42-33)27-36(47)43-21-23-44(24-22-43)38(28-11-5-3-6-12-28)29-13-7-4-8-14-29/h3-20,38-39,42H,21-27H2,1-2H3. The predicted octanol–water partition coefficient (Wildman–Crippen LogP) is 7.89. The molecule has 2 aliphatic heterocycles. The first-order valence-corrected chi connectivity index (χ1v) is 16.9. The number of ketones is 1. The van der Waals surface area contributed by atoms with Crippen LogP contribution in [0.15, 0.2) is 120 Å². The van der Waals surface area contributed by atoms with Crippen LogP contribution >= 0.6 is 11.6 Å². The van der Waals surface area contributed by atoms with Crippen molar-refractivity contribution >= 4 is 34.7 Å². The molecule has 1 aliphatic carbocycles. The summed E-state index contributed by atoms with van der Waals surface area (Å²) in [6.45, 7) is 7.24. The Morgan fingerprint density at radius 1 is 0.809 bits per heavy atom. The van der Waals surface area contributed by atoms with Crippen LogP contribution in [-0.4, -0.2) is 54.2 Å². The number of nitrogens with one attached hydrogen (secondary N) is 1. The molecule has 0 aromatic heterocycles. The molecule has 4 aromatic carbocycles. The fraction of sp³-hybridized carbons (Fsp3) is 0.300. The molecule has 1 amide bonds. The number of hydrogen-bond donors (Lipinski definition) is 1. The van der Waals surface area contributed by atoms with E-state index in [-0.39, 0.29) is 29.7 Å². The van der Waals surface area contributed by atoms with E-state index in [1.807, 2.05) is 47.4 Å². The third kappa shape index (κ3) is 6.45. The molecule has 0 spiro atoms. The maximum absolute atomic E-state index is 14.3. The van der Waals surface area contributed by atoms with Gasteiger partial charge >= 0.3 is 0 Å². The molecule has 4 aromatic rings. The first-order valence-electron chi connectivity index (χ1n) is 16.5. The molecule has 1 N–H and O–H groups in total. The number of fused-ring (bicyclic) bond motifs is 1. The van der Waals surface area contributed by atoms with Crippen LogP contribution in [0.3, 0.4) is 0 Å². The van der Waals surface area contributed by atoms with Crippen molar-refractivity contribution in [3.63, 3.8) is 0 Å². The van der Waals surface area contributed by atoms with E-state index in [9.17, 15) is 9.59 Å². The zero-order valence-electron chi connectivity index (χ0n) is 27.0. The third-order valence-electron chi connectivity index (χ3n) is 9.76. The van der Waals surface area contributed by atoms with Crippen molar-refractivity contribution in [2.24, 2.45) is 5.41 Å². The SMILES string of the molecule is CC1(C)CC(=O)C2=C(C1)Nc1ccccc1N(CC(=O)N1CCN(C(c3ccccc3)c3ccccc3)CC1)C2c1ccc(Cl)cc1. The van der Waals surface area contributed by atoms with Gasteiger partial charge in [0.25, 0.3) is 0 Å². The lowest BCUT2D eigenvalue weighted by Gasteiger charge is -2.41. The summed E-state index contributed by atoms with van der Waals surface area (Å²) < 4.78 is 0. The van der Waals surface area contributed by atoms with Gasteiger partial charge in [-0.3, -0.25) is 14.5 Å². The van der Waals surface area contributed by atoms with Crippen molar-refractivity contribution in [3.8, 4) is 0 Å². The van der Waals surface area contributed by atoms with Crippen molar-refractivity contribution in [1.29, 1.82) is 0 Å². The summed E-state index contributed by atoms with van der Waals surface area (Å²) in [4.78, 5) is 34.9. The number of para-hydroxylation sites is 2. The first kappa shape index (κ1) is 31.2. The van der Waals surface area contributed by atoms with Crippen LogP contribution in [0.4, 0.5) is 11.4 Å². The monoisotopic (exact) mass is 644 g/mol. The van der Waals surface area contributed by atoms with Crippen molar-refractivity contribution < 1.29 is 9.59 Å². The Bertz CT molecular complexity index is 1740. The number of Topliss-reactive ketones (excluding diaryl/α,β-unsaturated/α-hetero) is 1. The quantitative estimate of drug-likeness (QED) is 0.231. The van der Waals surface area contributed by atoms with E-state index in [2.05, 4.69) is 95.7 Å². The number of nitrogens with zero attached hydrogens (tertiary/aromatic N) is 3. The number of anilines is 2. The maximum atomic E-state index is 14.3. The van der Waals surface area contributed by atoms with Gasteiger partial charge in [0.05, 0.1) is 30.0 Å². The largest absolute Gasteiger partial charge is 0.357 e. The van der Waals surface area contributed by atoms with Gasteiger partial charge in [0, 0.05) is 48.9 Å². The Morgan fingerprint density at radius 3 is 2.04 bits per heavy atom. The predicted molar refractivity (Wildman–Crippen MR) is 190 cm³/mol. The summed E-state index contributed by atoms with van der Waals surface area (Å²) >= 11 is 6.33. The number of carbonyl (C=O) groups is 2. The van der Waals surface area contributed by atoms with Gasteiger partial charge in [-0.15, -0.1) is 0 Å². The summed E-state index contributed by atoms with van der Waals surface area (Å²) in [5, 5.41) is 4.29. The summed E-state index contributed by atoms with van der Waals surface area (Å²) in [5.41, 5.74) is 6.79. The number of hydrogen-bond acceptors (Lipinski definition) is 5. The first-order chi connectivity index (χ1) is 22.8. The molecular formula is C40H41ClN4O2. The van der Waals surface area contributed by atoms with E-state index in [0.717, 1.165) is 47.7 Å². The lowest BCUT2D eigenvalue weighted by atomic mass is 9.73. The molecule has 0 saturated carbocycles. The van der Waals surface area contributed by atoms with Gasteiger partial charge in [-0.25, -0.2) is 0 Å². The molecule has 0 bridgehead atoms. The highest BCUT2D eigenvalue weighted by atomic mass is 35.5. The summed E-state index contributed by atoms with van der Waals surface area (Å²) in [6.07, 6.45) is 1.21. The number of rotatable bonds is 6. The van der Waals surface area contributed by atoms with Crippen molar-refractivity contribution in [1.82, 2.24) is 9.80 Å². The molecule has 0 radical (unpaired) electrons. The summed E-state index contributed by atoms with van der Waals surface area (Å²) in [5.74, 6) is 0.178. The van der Waals surface area contributed by atoms with Crippen molar-refractivity contribution in [3.05, 3.63) is 142 Å². The van der Waals surface area contributed by atoms with Crippen LogP contribution in [0.2, 0.25) is 5.02 Å². The average Bonchev–Trinajstić information content (AvgIpc) is 3.20. The molecule has 1 saturated heterocycles. The summed E-state index contributed by atoms with van der Waals surface area (Å²) in [6, 6.07) is 36.7. The second kappa shape index (κ2) is 13.0. The van der Waals surface area contributed by atoms with Gasteiger partial charge in [-0.2, -0.15) is 0 Å². The van der Waals surface area contributed by atoms with Crippen LogP contribution in [0.1, 0.15) is 55.5 Å². The Labute approximate surface area is 282 Å². The van der Waals surface area contributed by atoms with E-state index in [0.29, 0.717) is 24.5 Å². The second-order valence-corrected chi connectivity index (χ2v) is 14.1. The minimum Gasteiger partial charge on any atom is -0.357 e. The molecule has 1 unspecified atom stereocenters. The minimum absolute atomic E-state index is 0.0574. The molecule has 47 heavy (non-hydrogen) atoms. The number of piperazine rings is 1. The molecule has 240 valence electrons. The third-order valence-corrected chi connectivity index (χ3v) is 10.0. The Balaban J connectivity index is 1.19. The lowest BCUT2D eigenvalue weighted by molar-refractivity contribution is -0.131. The fourth-order valence-corrected chi connectivity index (χ4v) is 7.70. The zero-order valence-corrected chi connectivity index (χ0v) is 27.8. The highest BCUT2D eigenvalue weighted by Crippen LogP contribution is 2.48. The van der Waals surface area contributed by atoms with Crippen LogP contribution in [-0.2, 0) is 9.59 Å². The van der Waals surface area contributed by atoms with Gasteiger partial charge in [0.15, 0.2) is 5.78 Å². The van der Waals surface area contributed by atoms with Gasteiger partial charge in [-0.05, 0) is 52.8 Å². The number of allylic oxidation sites excluding steroid dienone is 1. The Hall–Kier alpha value is -4.39. The lowest BCUT2D eigenvalue weighted by Crippen LogP contribution is -2.52. The van der Waals surface area contributed by atoms with Gasteiger partial charge in [-0.1, -0.05) is 110 Å². The molecule has 1 atom stereocenters. The molecule has 2 heterocycles. The Morgan fingerprint density at radius 2 is 1.40 bits per heavy atom. The van der Waals surface area contributed by atoms with Crippen LogP contribution in [0.25, 0.3) is 0 Å². The molecule has 6 nitrogen and oxygen atoms in total. The molecule has 1 fully saturated rings. The Kier molecular flexibility index (Phi) is 8.65. The van der Waals surface area contributed by atoms with E-state index in [1.54, 1.807) is 0 Å². The molecule has 3 aliphatic rings. The van der Waals surface area contributed by atoms with Crippen LogP contribution < -0.4 is 10.2 Å². The summed E-state index contributed by atoms with van der Waals surface area (Å²) in [7, 11) is 0. The van der Waals surface area contributed by atoms with E-state index >= 15 is 0 Å². The van der Waals surface area contributed by atoms with E-state index < -0.39 is 6.04 Å². The number of halogens is 1. The molecule has 7 heteroatoms. The van der Waals surface area contributed by atoms with E-state index in [1.165, 1.54) is 11.1 Å². The van der Waals surface area contributed by atoms with Gasteiger partial charge in [0.1, 0.15) is 0 Å². The van der Waals surface area contributed by atoms with E-state index in [4.69, 9.17) is 11.6 Å². The van der Waals surface area contributed by atoms with Crippen molar-refractivity contribution in [2.75, 3.05) is 42.9 Å². The minimum atomic E-state index is -0.423.